The minimum Gasteiger partial charge on any atom is -0.335 e. The number of amides is 1. The highest BCUT2D eigenvalue weighted by Gasteiger charge is 2.27. The van der Waals surface area contributed by atoms with E-state index in [9.17, 15) is 9.59 Å². The van der Waals surface area contributed by atoms with Gasteiger partial charge in [-0.05, 0) is 44.4 Å². The van der Waals surface area contributed by atoms with Gasteiger partial charge in [0.1, 0.15) is 5.78 Å². The van der Waals surface area contributed by atoms with Gasteiger partial charge in [-0.3, -0.25) is 9.59 Å². The Labute approximate surface area is 131 Å². The van der Waals surface area contributed by atoms with E-state index in [0.29, 0.717) is 17.0 Å². The summed E-state index contributed by atoms with van der Waals surface area (Å²) in [4.78, 5) is 26.1. The van der Waals surface area contributed by atoms with Crippen LogP contribution in [0.1, 0.15) is 54.9 Å². The highest BCUT2D eigenvalue weighted by Crippen LogP contribution is 2.24. The van der Waals surface area contributed by atoms with Gasteiger partial charge in [0.15, 0.2) is 0 Å². The van der Waals surface area contributed by atoms with Crippen LogP contribution in [0.4, 0.5) is 0 Å². The Morgan fingerprint density at radius 2 is 2.05 bits per heavy atom. The van der Waals surface area contributed by atoms with Gasteiger partial charge in [-0.1, -0.05) is 30.5 Å². The highest BCUT2D eigenvalue weighted by molar-refractivity contribution is 6.31. The lowest BCUT2D eigenvalue weighted by molar-refractivity contribution is -0.118. The van der Waals surface area contributed by atoms with Crippen molar-refractivity contribution in [3.8, 4) is 0 Å². The topological polar surface area (TPSA) is 37.4 Å². The summed E-state index contributed by atoms with van der Waals surface area (Å²) in [6.45, 7) is 4.24. The van der Waals surface area contributed by atoms with Gasteiger partial charge < -0.3 is 4.90 Å². The molecule has 0 aromatic heterocycles. The molecule has 114 valence electrons. The molecular weight excluding hydrogens is 286 g/mol. The van der Waals surface area contributed by atoms with E-state index in [0.717, 1.165) is 37.8 Å². The average Bonchev–Trinajstić information content (AvgIpc) is 2.66. The van der Waals surface area contributed by atoms with E-state index >= 15 is 0 Å². The van der Waals surface area contributed by atoms with E-state index in [4.69, 9.17) is 11.6 Å². The number of hydrogen-bond acceptors (Lipinski definition) is 2. The normalized spacial score (nSPS) is 19.2. The van der Waals surface area contributed by atoms with Gasteiger partial charge in [0.2, 0.25) is 0 Å². The molecule has 1 atom stereocenters. The van der Waals surface area contributed by atoms with Crippen LogP contribution in [0.3, 0.4) is 0 Å². The van der Waals surface area contributed by atoms with E-state index in [1.54, 1.807) is 13.0 Å². The summed E-state index contributed by atoms with van der Waals surface area (Å²) in [6, 6.07) is 5.44. The zero-order valence-corrected chi connectivity index (χ0v) is 13.4. The first-order valence-corrected chi connectivity index (χ1v) is 7.93. The third-order valence-electron chi connectivity index (χ3n) is 4.08. The van der Waals surface area contributed by atoms with Gasteiger partial charge >= 0.3 is 0 Å². The molecule has 1 fully saturated rings. The number of nitrogens with zero attached hydrogens (tertiary/aromatic N) is 1. The maximum Gasteiger partial charge on any atom is 0.254 e. The van der Waals surface area contributed by atoms with Gasteiger partial charge in [-0.15, -0.1) is 0 Å². The number of ketones is 1. The average molecular weight is 308 g/mol. The Hall–Kier alpha value is -1.35. The first-order valence-electron chi connectivity index (χ1n) is 7.55. The van der Waals surface area contributed by atoms with Crippen LogP contribution in [-0.2, 0) is 4.79 Å². The fourth-order valence-corrected chi connectivity index (χ4v) is 3.06. The van der Waals surface area contributed by atoms with Crippen molar-refractivity contribution in [3.63, 3.8) is 0 Å². The van der Waals surface area contributed by atoms with Gasteiger partial charge in [0.05, 0.1) is 0 Å². The predicted molar refractivity (Wildman–Crippen MR) is 84.8 cm³/mol. The van der Waals surface area contributed by atoms with Crippen LogP contribution in [0.5, 0.6) is 0 Å². The van der Waals surface area contributed by atoms with Crippen LogP contribution >= 0.6 is 11.6 Å². The number of benzene rings is 1. The van der Waals surface area contributed by atoms with Crippen LogP contribution < -0.4 is 0 Å². The standard InChI is InChI=1S/C17H22ClNO2/c1-12-7-8-14(11-16(12)18)17(21)19-9-5-3-4-6-15(19)10-13(2)20/h7-8,11,15H,3-6,9-10H2,1-2H3. The molecule has 1 saturated heterocycles. The van der Waals surface area contributed by atoms with Crippen LogP contribution in [-0.4, -0.2) is 29.2 Å². The summed E-state index contributed by atoms with van der Waals surface area (Å²) in [7, 11) is 0. The monoisotopic (exact) mass is 307 g/mol. The molecule has 1 aliphatic heterocycles. The summed E-state index contributed by atoms with van der Waals surface area (Å²) in [6.07, 6.45) is 4.55. The second kappa shape index (κ2) is 7.08. The molecule has 4 heteroatoms. The van der Waals surface area contributed by atoms with Crippen LogP contribution in [0, 0.1) is 6.92 Å². The molecule has 1 aliphatic rings. The maximum absolute atomic E-state index is 12.8. The molecule has 1 aromatic carbocycles. The van der Waals surface area contributed by atoms with E-state index in [2.05, 4.69) is 0 Å². The Bertz CT molecular complexity index is 542. The smallest absolute Gasteiger partial charge is 0.254 e. The van der Waals surface area contributed by atoms with Gasteiger partial charge in [-0.25, -0.2) is 0 Å². The van der Waals surface area contributed by atoms with Crippen molar-refractivity contribution < 1.29 is 9.59 Å². The maximum atomic E-state index is 12.8. The molecule has 2 rings (SSSR count). The van der Waals surface area contributed by atoms with E-state index in [-0.39, 0.29) is 17.7 Å². The summed E-state index contributed by atoms with van der Waals surface area (Å²) in [5.74, 6) is 0.131. The minimum atomic E-state index is -0.00921. The first kappa shape index (κ1) is 16.0. The number of hydrogen-bond donors (Lipinski definition) is 0. The van der Waals surface area contributed by atoms with Crippen LogP contribution in [0.25, 0.3) is 0 Å². The minimum absolute atomic E-state index is 0.00921. The Balaban J connectivity index is 2.23. The fourth-order valence-electron chi connectivity index (χ4n) is 2.88. The number of carbonyl (C=O) groups excluding carboxylic acids is 2. The van der Waals surface area contributed by atoms with E-state index in [1.807, 2.05) is 24.0 Å². The summed E-state index contributed by atoms with van der Waals surface area (Å²) in [5.41, 5.74) is 1.57. The van der Waals surface area contributed by atoms with Crippen molar-refractivity contribution >= 4 is 23.3 Å². The quantitative estimate of drug-likeness (QED) is 0.846. The van der Waals surface area contributed by atoms with Crippen molar-refractivity contribution in [2.24, 2.45) is 0 Å². The molecule has 3 nitrogen and oxygen atoms in total. The molecule has 0 saturated carbocycles. The number of rotatable bonds is 3. The van der Waals surface area contributed by atoms with Crippen molar-refractivity contribution in [3.05, 3.63) is 34.3 Å². The fraction of sp³-hybridized carbons (Fsp3) is 0.529. The van der Waals surface area contributed by atoms with Gasteiger partial charge in [0, 0.05) is 29.6 Å². The highest BCUT2D eigenvalue weighted by atomic mass is 35.5. The SMILES string of the molecule is CC(=O)CC1CCCCCN1C(=O)c1ccc(C)c(Cl)c1. The van der Waals surface area contributed by atoms with Crippen LogP contribution in [0.15, 0.2) is 18.2 Å². The molecule has 21 heavy (non-hydrogen) atoms. The molecule has 0 radical (unpaired) electrons. The lowest BCUT2D eigenvalue weighted by Crippen LogP contribution is -2.41. The van der Waals surface area contributed by atoms with Gasteiger partial charge in [-0.2, -0.15) is 0 Å². The lowest BCUT2D eigenvalue weighted by Gasteiger charge is -2.29. The number of likely N-dealkylation sites (tertiary alicyclic amines) is 1. The zero-order valence-electron chi connectivity index (χ0n) is 12.7. The summed E-state index contributed by atoms with van der Waals surface area (Å²) >= 11 is 6.12. The number of halogens is 1. The van der Waals surface area contributed by atoms with E-state index in [1.165, 1.54) is 0 Å². The van der Waals surface area contributed by atoms with Crippen molar-refractivity contribution in [1.29, 1.82) is 0 Å². The largest absolute Gasteiger partial charge is 0.335 e. The Kier molecular flexibility index (Phi) is 5.40. The third kappa shape index (κ3) is 4.07. The second-order valence-corrected chi connectivity index (χ2v) is 6.28. The van der Waals surface area contributed by atoms with Crippen molar-refractivity contribution in [1.82, 2.24) is 4.90 Å². The molecule has 0 N–H and O–H groups in total. The number of Topliss-reactive ketones (excluding diaryl/α,β-unsaturated/α-hetero) is 1. The molecule has 1 heterocycles. The molecular formula is C17H22ClNO2. The predicted octanol–water partition coefficient (Wildman–Crippen LogP) is 4.01. The molecule has 0 aliphatic carbocycles. The molecule has 1 aromatic rings. The molecule has 0 bridgehead atoms. The second-order valence-electron chi connectivity index (χ2n) is 5.87. The molecule has 1 amide bonds. The van der Waals surface area contributed by atoms with Crippen LogP contribution in [0.2, 0.25) is 5.02 Å². The van der Waals surface area contributed by atoms with E-state index < -0.39 is 0 Å². The summed E-state index contributed by atoms with van der Waals surface area (Å²) in [5, 5.41) is 0.610. The first-order chi connectivity index (χ1) is 9.99. The summed E-state index contributed by atoms with van der Waals surface area (Å²) < 4.78 is 0. The van der Waals surface area contributed by atoms with Crippen molar-refractivity contribution in [2.75, 3.05) is 6.54 Å². The Morgan fingerprint density at radius 3 is 2.71 bits per heavy atom. The Morgan fingerprint density at radius 1 is 1.29 bits per heavy atom. The number of carbonyl (C=O) groups is 2. The lowest BCUT2D eigenvalue weighted by atomic mass is 10.0. The van der Waals surface area contributed by atoms with Gasteiger partial charge in [0.25, 0.3) is 5.91 Å². The third-order valence-corrected chi connectivity index (χ3v) is 4.49. The molecule has 1 unspecified atom stereocenters. The number of aryl methyl sites for hydroxylation is 1. The van der Waals surface area contributed by atoms with Crippen molar-refractivity contribution in [2.45, 2.75) is 52.0 Å². The zero-order chi connectivity index (χ0) is 15.4. The molecule has 0 spiro atoms.